The van der Waals surface area contributed by atoms with Gasteiger partial charge in [0.15, 0.2) is 0 Å². The molecule has 0 aliphatic heterocycles. The van der Waals surface area contributed by atoms with Crippen molar-refractivity contribution < 1.29 is 4.21 Å². The fourth-order valence-corrected chi connectivity index (χ4v) is 5.22. The molecule has 3 atom stereocenters. The highest BCUT2D eigenvalue weighted by molar-refractivity contribution is 7.85. The smallest absolute Gasteiger partial charge is 0.0576 e. The first-order valence-corrected chi connectivity index (χ1v) is 9.37. The Morgan fingerprint density at radius 2 is 1.95 bits per heavy atom. The average Bonchev–Trinajstić information content (AvgIpc) is 2.45. The SMILES string of the molecule is CCCNC1C(S(=O)c2ccc(C)cc2)CCCC1(C)C. The van der Waals surface area contributed by atoms with Gasteiger partial charge in [-0.1, -0.05) is 44.9 Å². The van der Waals surface area contributed by atoms with E-state index in [0.29, 0.717) is 6.04 Å². The highest BCUT2D eigenvalue weighted by atomic mass is 32.2. The van der Waals surface area contributed by atoms with Crippen LogP contribution in [0.15, 0.2) is 29.2 Å². The first-order chi connectivity index (χ1) is 9.95. The van der Waals surface area contributed by atoms with Crippen molar-refractivity contribution >= 4 is 10.8 Å². The molecule has 1 aliphatic carbocycles. The zero-order chi connectivity index (χ0) is 15.5. The van der Waals surface area contributed by atoms with E-state index in [0.717, 1.165) is 24.3 Å². The molecule has 1 aromatic carbocycles. The maximum Gasteiger partial charge on any atom is 0.0576 e. The summed E-state index contributed by atoms with van der Waals surface area (Å²) in [5.74, 6) is 0. The summed E-state index contributed by atoms with van der Waals surface area (Å²) in [6.07, 6.45) is 4.58. The van der Waals surface area contributed by atoms with Gasteiger partial charge in [0, 0.05) is 10.9 Å². The standard InChI is InChI=1S/C18H29NOS/c1-5-13-19-17-16(7-6-12-18(17,3)4)21(20)15-10-8-14(2)9-11-15/h8-11,16-17,19H,5-7,12-13H2,1-4H3. The molecule has 1 N–H and O–H groups in total. The lowest BCUT2D eigenvalue weighted by Crippen LogP contribution is -2.54. The van der Waals surface area contributed by atoms with Crippen LogP contribution in [0.5, 0.6) is 0 Å². The Labute approximate surface area is 132 Å². The molecule has 0 radical (unpaired) electrons. The van der Waals surface area contributed by atoms with Crippen LogP contribution >= 0.6 is 0 Å². The number of benzene rings is 1. The van der Waals surface area contributed by atoms with E-state index in [-0.39, 0.29) is 10.7 Å². The van der Waals surface area contributed by atoms with Gasteiger partial charge in [0.2, 0.25) is 0 Å². The fraction of sp³-hybridized carbons (Fsp3) is 0.667. The minimum absolute atomic E-state index is 0.221. The number of rotatable bonds is 5. The molecule has 2 rings (SSSR count). The van der Waals surface area contributed by atoms with Gasteiger partial charge in [0.1, 0.15) is 0 Å². The van der Waals surface area contributed by atoms with E-state index in [1.54, 1.807) is 0 Å². The molecule has 0 spiro atoms. The topological polar surface area (TPSA) is 29.1 Å². The van der Waals surface area contributed by atoms with Gasteiger partial charge in [-0.25, -0.2) is 0 Å². The summed E-state index contributed by atoms with van der Waals surface area (Å²) in [6.45, 7) is 9.91. The predicted octanol–water partition coefficient (Wildman–Crippen LogP) is 4.05. The zero-order valence-corrected chi connectivity index (χ0v) is 14.6. The van der Waals surface area contributed by atoms with Gasteiger partial charge in [0.05, 0.1) is 16.0 Å². The average molecular weight is 308 g/mol. The second kappa shape index (κ2) is 7.06. The highest BCUT2D eigenvalue weighted by Gasteiger charge is 2.41. The summed E-state index contributed by atoms with van der Waals surface area (Å²) in [5.41, 5.74) is 1.44. The maximum atomic E-state index is 13.0. The Kier molecular flexibility index (Phi) is 5.61. The van der Waals surface area contributed by atoms with E-state index in [9.17, 15) is 4.21 Å². The molecule has 1 aliphatic rings. The molecule has 0 heterocycles. The molecule has 1 saturated carbocycles. The minimum Gasteiger partial charge on any atom is -0.312 e. The molecule has 21 heavy (non-hydrogen) atoms. The Balaban J connectivity index is 2.21. The van der Waals surface area contributed by atoms with Crippen molar-refractivity contribution in [2.45, 2.75) is 69.6 Å². The van der Waals surface area contributed by atoms with Gasteiger partial charge in [-0.15, -0.1) is 0 Å². The summed E-state index contributed by atoms with van der Waals surface area (Å²) in [6, 6.07) is 8.53. The van der Waals surface area contributed by atoms with Gasteiger partial charge < -0.3 is 5.32 Å². The Hall–Kier alpha value is -0.670. The summed E-state index contributed by atoms with van der Waals surface area (Å²) in [5, 5.41) is 3.91. The van der Waals surface area contributed by atoms with Crippen LogP contribution in [-0.2, 0) is 10.8 Å². The lowest BCUT2D eigenvalue weighted by atomic mass is 9.73. The molecule has 1 aromatic rings. The number of aryl methyl sites for hydroxylation is 1. The molecule has 0 aromatic heterocycles. The lowest BCUT2D eigenvalue weighted by molar-refractivity contribution is 0.173. The van der Waals surface area contributed by atoms with Crippen molar-refractivity contribution in [2.75, 3.05) is 6.54 Å². The van der Waals surface area contributed by atoms with Crippen molar-refractivity contribution in [3.05, 3.63) is 29.8 Å². The number of nitrogens with one attached hydrogen (secondary N) is 1. The number of hydrogen-bond acceptors (Lipinski definition) is 2. The second-order valence-electron chi connectivity index (χ2n) is 6.96. The second-order valence-corrected chi connectivity index (χ2v) is 8.63. The van der Waals surface area contributed by atoms with Crippen LogP contribution in [0.3, 0.4) is 0 Å². The Bertz CT molecular complexity index is 480. The molecular formula is C18H29NOS. The number of hydrogen-bond donors (Lipinski definition) is 1. The first-order valence-electron chi connectivity index (χ1n) is 8.16. The molecule has 0 bridgehead atoms. The highest BCUT2D eigenvalue weighted by Crippen LogP contribution is 2.39. The third kappa shape index (κ3) is 3.95. The molecule has 3 unspecified atom stereocenters. The minimum atomic E-state index is -0.921. The summed E-state index contributed by atoms with van der Waals surface area (Å²) in [7, 11) is -0.921. The van der Waals surface area contributed by atoms with Crippen LogP contribution in [0.1, 0.15) is 52.0 Å². The van der Waals surface area contributed by atoms with Crippen molar-refractivity contribution in [1.29, 1.82) is 0 Å². The molecule has 0 saturated heterocycles. The van der Waals surface area contributed by atoms with Gasteiger partial charge in [-0.05, 0) is 50.3 Å². The van der Waals surface area contributed by atoms with E-state index in [1.165, 1.54) is 18.4 Å². The third-order valence-electron chi connectivity index (χ3n) is 4.67. The first kappa shape index (κ1) is 16.7. The van der Waals surface area contributed by atoms with Crippen LogP contribution in [0.2, 0.25) is 0 Å². The maximum absolute atomic E-state index is 13.0. The van der Waals surface area contributed by atoms with Gasteiger partial charge in [-0.2, -0.15) is 0 Å². The van der Waals surface area contributed by atoms with E-state index >= 15 is 0 Å². The predicted molar refractivity (Wildman–Crippen MR) is 91.1 cm³/mol. The summed E-state index contributed by atoms with van der Waals surface area (Å²) in [4.78, 5) is 0.978. The fourth-order valence-electron chi connectivity index (χ4n) is 3.37. The monoisotopic (exact) mass is 307 g/mol. The van der Waals surface area contributed by atoms with Crippen molar-refractivity contribution in [3.63, 3.8) is 0 Å². The summed E-state index contributed by atoms with van der Waals surface area (Å²) >= 11 is 0. The van der Waals surface area contributed by atoms with E-state index in [4.69, 9.17) is 0 Å². The lowest BCUT2D eigenvalue weighted by Gasteiger charge is -2.44. The molecule has 118 valence electrons. The Morgan fingerprint density at radius 3 is 2.57 bits per heavy atom. The molecule has 1 fully saturated rings. The molecule has 0 amide bonds. The largest absolute Gasteiger partial charge is 0.312 e. The molecule has 2 nitrogen and oxygen atoms in total. The molecular weight excluding hydrogens is 278 g/mol. The van der Waals surface area contributed by atoms with E-state index < -0.39 is 10.8 Å². The third-order valence-corrected chi connectivity index (χ3v) is 6.46. The van der Waals surface area contributed by atoms with Crippen LogP contribution in [0.25, 0.3) is 0 Å². The zero-order valence-electron chi connectivity index (χ0n) is 13.8. The van der Waals surface area contributed by atoms with E-state index in [1.807, 2.05) is 12.1 Å². The normalized spacial score (nSPS) is 26.5. The van der Waals surface area contributed by atoms with Gasteiger partial charge in [0.25, 0.3) is 0 Å². The van der Waals surface area contributed by atoms with E-state index in [2.05, 4.69) is 45.1 Å². The molecule has 3 heteroatoms. The van der Waals surface area contributed by atoms with Crippen molar-refractivity contribution in [1.82, 2.24) is 5.32 Å². The van der Waals surface area contributed by atoms with Gasteiger partial charge >= 0.3 is 0 Å². The van der Waals surface area contributed by atoms with Crippen molar-refractivity contribution in [3.8, 4) is 0 Å². The van der Waals surface area contributed by atoms with Gasteiger partial charge in [-0.3, -0.25) is 4.21 Å². The quantitative estimate of drug-likeness (QED) is 0.889. The Morgan fingerprint density at radius 1 is 1.29 bits per heavy atom. The van der Waals surface area contributed by atoms with Crippen LogP contribution in [0, 0.1) is 12.3 Å². The summed E-state index contributed by atoms with van der Waals surface area (Å²) < 4.78 is 13.0. The van der Waals surface area contributed by atoms with Crippen LogP contribution in [0.4, 0.5) is 0 Å². The van der Waals surface area contributed by atoms with Crippen LogP contribution in [-0.4, -0.2) is 22.0 Å². The van der Waals surface area contributed by atoms with Crippen molar-refractivity contribution in [2.24, 2.45) is 5.41 Å². The van der Waals surface area contributed by atoms with Crippen LogP contribution < -0.4 is 5.32 Å².